The van der Waals surface area contributed by atoms with Crippen LogP contribution in [0, 0.1) is 5.92 Å². The number of aromatic nitrogens is 1. The maximum Gasteiger partial charge on any atom is 0.273 e. The van der Waals surface area contributed by atoms with Crippen molar-refractivity contribution in [1.29, 1.82) is 0 Å². The number of ether oxygens (including phenoxy) is 3. The molecule has 31 heavy (non-hydrogen) atoms. The first-order valence-electron chi connectivity index (χ1n) is 10.4. The zero-order valence-electron chi connectivity index (χ0n) is 18.0. The van der Waals surface area contributed by atoms with Crippen LogP contribution in [-0.2, 0) is 6.54 Å². The molecule has 2 aliphatic carbocycles. The second-order valence-corrected chi connectivity index (χ2v) is 7.91. The van der Waals surface area contributed by atoms with Crippen LogP contribution in [0.2, 0.25) is 0 Å². The molecular formula is C22H27N3O6. The first kappa shape index (κ1) is 21.0. The maximum atomic E-state index is 13.3. The van der Waals surface area contributed by atoms with Crippen molar-refractivity contribution in [2.45, 2.75) is 38.3 Å². The van der Waals surface area contributed by atoms with Crippen LogP contribution in [0.1, 0.15) is 52.3 Å². The Labute approximate surface area is 180 Å². The molecule has 2 aromatic rings. The highest BCUT2D eigenvalue weighted by molar-refractivity contribution is 5.96. The fraction of sp³-hybridized carbons (Fsp3) is 0.500. The van der Waals surface area contributed by atoms with Gasteiger partial charge in [-0.2, -0.15) is 0 Å². The lowest BCUT2D eigenvalue weighted by atomic mass is 10.1. The largest absolute Gasteiger partial charge is 0.493 e. The normalized spacial score (nSPS) is 15.3. The van der Waals surface area contributed by atoms with E-state index in [0.717, 1.165) is 25.7 Å². The van der Waals surface area contributed by atoms with Crippen molar-refractivity contribution in [1.82, 2.24) is 15.4 Å². The second-order valence-electron chi connectivity index (χ2n) is 7.91. The summed E-state index contributed by atoms with van der Waals surface area (Å²) in [4.78, 5) is 27.3. The van der Waals surface area contributed by atoms with Gasteiger partial charge in [-0.05, 0) is 43.7 Å². The van der Waals surface area contributed by atoms with E-state index in [1.165, 1.54) is 21.3 Å². The number of benzene rings is 1. The van der Waals surface area contributed by atoms with E-state index in [1.54, 1.807) is 23.1 Å². The molecule has 9 heteroatoms. The molecule has 1 N–H and O–H groups in total. The first-order chi connectivity index (χ1) is 15.0. The van der Waals surface area contributed by atoms with Crippen LogP contribution >= 0.6 is 0 Å². The quantitative estimate of drug-likeness (QED) is 0.619. The lowest BCUT2D eigenvalue weighted by Crippen LogP contribution is -2.32. The number of nitrogens with zero attached hydrogens (tertiary/aromatic N) is 2. The average molecular weight is 429 g/mol. The fourth-order valence-electron chi connectivity index (χ4n) is 3.44. The van der Waals surface area contributed by atoms with Gasteiger partial charge in [0, 0.05) is 24.2 Å². The number of nitrogens with one attached hydrogen (secondary N) is 1. The van der Waals surface area contributed by atoms with Gasteiger partial charge in [-0.15, -0.1) is 0 Å². The number of carbonyl (C=O) groups is 2. The Morgan fingerprint density at radius 1 is 1.06 bits per heavy atom. The Morgan fingerprint density at radius 3 is 2.29 bits per heavy atom. The zero-order valence-corrected chi connectivity index (χ0v) is 18.0. The number of amides is 2. The van der Waals surface area contributed by atoms with E-state index < -0.39 is 0 Å². The molecule has 0 atom stereocenters. The standard InChI is InChI=1S/C22H27N3O6/c1-28-18-8-14(9-19(29-2)20(18)30-3)22(27)25(15-6-7-15)12-16-10-17(24-31-16)21(26)23-11-13-4-5-13/h8-10,13,15H,4-7,11-12H2,1-3H3,(H,23,26). The molecule has 9 nitrogen and oxygen atoms in total. The summed E-state index contributed by atoms with van der Waals surface area (Å²) in [6.07, 6.45) is 4.14. The minimum atomic E-state index is -0.254. The molecule has 0 aliphatic heterocycles. The van der Waals surface area contributed by atoms with Gasteiger partial charge in [0.05, 0.1) is 27.9 Å². The summed E-state index contributed by atoms with van der Waals surface area (Å²) in [5.41, 5.74) is 0.648. The van der Waals surface area contributed by atoms with E-state index >= 15 is 0 Å². The molecule has 2 amide bonds. The van der Waals surface area contributed by atoms with E-state index in [4.69, 9.17) is 18.7 Å². The molecule has 0 spiro atoms. The second kappa shape index (κ2) is 8.87. The Hall–Kier alpha value is -3.23. The number of methoxy groups -OCH3 is 3. The SMILES string of the molecule is COc1cc(C(=O)N(Cc2cc(C(=O)NCC3CC3)no2)C2CC2)cc(OC)c1OC. The zero-order chi connectivity index (χ0) is 22.0. The Bertz CT molecular complexity index is 939. The van der Waals surface area contributed by atoms with Crippen LogP contribution < -0.4 is 19.5 Å². The van der Waals surface area contributed by atoms with Crippen molar-refractivity contribution in [3.8, 4) is 17.2 Å². The van der Waals surface area contributed by atoms with Gasteiger partial charge in [0.1, 0.15) is 0 Å². The first-order valence-corrected chi connectivity index (χ1v) is 10.4. The topological polar surface area (TPSA) is 103 Å². The van der Waals surface area contributed by atoms with Gasteiger partial charge in [-0.25, -0.2) is 0 Å². The minimum absolute atomic E-state index is 0.115. The third kappa shape index (κ3) is 4.76. The number of hydrogen-bond donors (Lipinski definition) is 1. The Morgan fingerprint density at radius 2 is 1.74 bits per heavy atom. The maximum absolute atomic E-state index is 13.3. The van der Waals surface area contributed by atoms with E-state index in [0.29, 0.717) is 41.0 Å². The highest BCUT2D eigenvalue weighted by Crippen LogP contribution is 2.39. The van der Waals surface area contributed by atoms with Gasteiger partial charge >= 0.3 is 0 Å². The van der Waals surface area contributed by atoms with E-state index in [9.17, 15) is 9.59 Å². The Balaban J connectivity index is 1.50. The van der Waals surface area contributed by atoms with Gasteiger partial charge in [-0.1, -0.05) is 5.16 Å². The molecular weight excluding hydrogens is 402 g/mol. The van der Waals surface area contributed by atoms with Crippen LogP contribution in [0.15, 0.2) is 22.7 Å². The smallest absolute Gasteiger partial charge is 0.273 e. The van der Waals surface area contributed by atoms with Gasteiger partial charge in [0.25, 0.3) is 11.8 Å². The lowest BCUT2D eigenvalue weighted by Gasteiger charge is -2.22. The van der Waals surface area contributed by atoms with Crippen LogP contribution in [0.25, 0.3) is 0 Å². The summed E-state index contributed by atoms with van der Waals surface area (Å²) in [5.74, 6) is 1.86. The molecule has 2 aliphatic rings. The summed E-state index contributed by atoms with van der Waals surface area (Å²) in [7, 11) is 4.53. The monoisotopic (exact) mass is 429 g/mol. The molecule has 0 bridgehead atoms. The predicted octanol–water partition coefficient (Wildman–Crippen LogP) is 2.65. The van der Waals surface area contributed by atoms with Crippen molar-refractivity contribution >= 4 is 11.8 Å². The molecule has 0 saturated heterocycles. The van der Waals surface area contributed by atoms with Crippen molar-refractivity contribution in [2.24, 2.45) is 5.92 Å². The molecule has 1 aromatic heterocycles. The van der Waals surface area contributed by atoms with Gasteiger partial charge in [-0.3, -0.25) is 9.59 Å². The Kier molecular flexibility index (Phi) is 6.01. The van der Waals surface area contributed by atoms with Crippen molar-refractivity contribution in [2.75, 3.05) is 27.9 Å². The highest BCUT2D eigenvalue weighted by atomic mass is 16.5. The van der Waals surface area contributed by atoms with Gasteiger partial charge in [0.15, 0.2) is 23.0 Å². The fourth-order valence-corrected chi connectivity index (χ4v) is 3.44. The molecule has 2 saturated carbocycles. The highest BCUT2D eigenvalue weighted by Gasteiger charge is 2.35. The average Bonchev–Trinajstić information content (AvgIpc) is 3.73. The van der Waals surface area contributed by atoms with E-state index in [2.05, 4.69) is 10.5 Å². The van der Waals surface area contributed by atoms with Crippen LogP contribution in [-0.4, -0.2) is 55.8 Å². The molecule has 2 fully saturated rings. The van der Waals surface area contributed by atoms with E-state index in [-0.39, 0.29) is 30.1 Å². The number of carbonyl (C=O) groups excluding carboxylic acids is 2. The summed E-state index contributed by atoms with van der Waals surface area (Å²) >= 11 is 0. The van der Waals surface area contributed by atoms with Gasteiger partial charge in [0.2, 0.25) is 5.75 Å². The van der Waals surface area contributed by atoms with Gasteiger partial charge < -0.3 is 29.0 Å². The van der Waals surface area contributed by atoms with Crippen LogP contribution in [0.3, 0.4) is 0 Å². The summed E-state index contributed by atoms with van der Waals surface area (Å²) < 4.78 is 21.4. The van der Waals surface area contributed by atoms with Crippen molar-refractivity contribution in [3.63, 3.8) is 0 Å². The van der Waals surface area contributed by atoms with Crippen LogP contribution in [0.5, 0.6) is 17.2 Å². The molecule has 0 radical (unpaired) electrons. The van der Waals surface area contributed by atoms with E-state index in [1.807, 2.05) is 0 Å². The lowest BCUT2D eigenvalue weighted by molar-refractivity contribution is 0.0712. The molecule has 1 aromatic carbocycles. The third-order valence-corrected chi connectivity index (χ3v) is 5.53. The molecule has 4 rings (SSSR count). The number of hydrogen-bond acceptors (Lipinski definition) is 7. The summed E-state index contributed by atoms with van der Waals surface area (Å²) in [6, 6.07) is 4.98. The summed E-state index contributed by atoms with van der Waals surface area (Å²) in [5, 5.41) is 6.74. The summed E-state index contributed by atoms with van der Waals surface area (Å²) in [6.45, 7) is 0.887. The van der Waals surface area contributed by atoms with Crippen LogP contribution in [0.4, 0.5) is 0 Å². The molecule has 166 valence electrons. The third-order valence-electron chi connectivity index (χ3n) is 5.53. The molecule has 0 unspecified atom stereocenters. The van der Waals surface area contributed by atoms with Crippen molar-refractivity contribution in [3.05, 3.63) is 35.2 Å². The minimum Gasteiger partial charge on any atom is -0.493 e. The molecule has 1 heterocycles. The van der Waals surface area contributed by atoms with Crippen molar-refractivity contribution < 1.29 is 28.3 Å². The predicted molar refractivity (Wildman–Crippen MR) is 111 cm³/mol. The number of rotatable bonds is 10.